The molecule has 56 valence electrons. The SMILES string of the molecule is CCC1C2N=CSC1C2C. The van der Waals surface area contributed by atoms with Crippen molar-refractivity contribution in [2.75, 3.05) is 0 Å². The van der Waals surface area contributed by atoms with Crippen molar-refractivity contribution >= 4 is 17.3 Å². The van der Waals surface area contributed by atoms with Crippen molar-refractivity contribution in [2.24, 2.45) is 16.8 Å². The fourth-order valence-corrected chi connectivity index (χ4v) is 3.46. The van der Waals surface area contributed by atoms with E-state index >= 15 is 0 Å². The molecule has 0 aromatic heterocycles. The summed E-state index contributed by atoms with van der Waals surface area (Å²) in [7, 11) is 0. The lowest BCUT2D eigenvalue weighted by molar-refractivity contribution is 0.170. The molecular formula is C8H13NS. The third-order valence-electron chi connectivity index (χ3n) is 2.84. The Hall–Kier alpha value is 0.0200. The van der Waals surface area contributed by atoms with E-state index < -0.39 is 0 Å². The predicted molar refractivity (Wildman–Crippen MR) is 46.6 cm³/mol. The van der Waals surface area contributed by atoms with Gasteiger partial charge in [0.05, 0.1) is 11.6 Å². The minimum Gasteiger partial charge on any atom is -0.282 e. The molecule has 1 fully saturated rings. The van der Waals surface area contributed by atoms with E-state index in [0.717, 1.165) is 17.1 Å². The number of hydrogen-bond acceptors (Lipinski definition) is 2. The van der Waals surface area contributed by atoms with Crippen LogP contribution in [0.1, 0.15) is 20.3 Å². The highest BCUT2D eigenvalue weighted by atomic mass is 32.2. The van der Waals surface area contributed by atoms with Crippen molar-refractivity contribution in [1.29, 1.82) is 0 Å². The average molecular weight is 155 g/mol. The van der Waals surface area contributed by atoms with Gasteiger partial charge in [0.15, 0.2) is 0 Å². The Labute approximate surface area is 66.3 Å². The van der Waals surface area contributed by atoms with Gasteiger partial charge in [0.1, 0.15) is 0 Å². The summed E-state index contributed by atoms with van der Waals surface area (Å²) in [6, 6.07) is 0.677. The smallest absolute Gasteiger partial charge is 0.0580 e. The maximum Gasteiger partial charge on any atom is 0.0580 e. The van der Waals surface area contributed by atoms with E-state index in [9.17, 15) is 0 Å². The zero-order valence-corrected chi connectivity index (χ0v) is 7.27. The second kappa shape index (κ2) is 2.26. The monoisotopic (exact) mass is 155 g/mol. The van der Waals surface area contributed by atoms with Crippen LogP contribution in [0.5, 0.6) is 0 Å². The maximum atomic E-state index is 4.47. The van der Waals surface area contributed by atoms with Crippen molar-refractivity contribution in [3.63, 3.8) is 0 Å². The highest BCUT2D eigenvalue weighted by Gasteiger charge is 2.48. The van der Waals surface area contributed by atoms with E-state index in [1.807, 2.05) is 17.3 Å². The van der Waals surface area contributed by atoms with E-state index in [0.29, 0.717) is 6.04 Å². The Morgan fingerprint density at radius 3 is 2.70 bits per heavy atom. The topological polar surface area (TPSA) is 12.4 Å². The Morgan fingerprint density at radius 2 is 2.40 bits per heavy atom. The summed E-state index contributed by atoms with van der Waals surface area (Å²) in [6.45, 7) is 4.60. The van der Waals surface area contributed by atoms with E-state index in [4.69, 9.17) is 0 Å². The van der Waals surface area contributed by atoms with Gasteiger partial charge in [-0.3, -0.25) is 4.99 Å². The molecular weight excluding hydrogens is 142 g/mol. The van der Waals surface area contributed by atoms with Crippen molar-refractivity contribution in [2.45, 2.75) is 31.6 Å². The molecule has 2 bridgehead atoms. The van der Waals surface area contributed by atoms with E-state index in [2.05, 4.69) is 18.8 Å². The molecule has 4 atom stereocenters. The molecule has 0 aromatic carbocycles. The lowest BCUT2D eigenvalue weighted by Gasteiger charge is -2.50. The van der Waals surface area contributed by atoms with Crippen LogP contribution in [0.15, 0.2) is 4.99 Å². The van der Waals surface area contributed by atoms with Crippen LogP contribution in [0, 0.1) is 11.8 Å². The van der Waals surface area contributed by atoms with Gasteiger partial charge >= 0.3 is 0 Å². The second-order valence-electron chi connectivity index (χ2n) is 3.28. The van der Waals surface area contributed by atoms with Gasteiger partial charge in [-0.15, -0.1) is 11.8 Å². The van der Waals surface area contributed by atoms with Crippen LogP contribution >= 0.6 is 11.8 Å². The molecule has 2 aliphatic heterocycles. The van der Waals surface area contributed by atoms with Crippen molar-refractivity contribution in [3.8, 4) is 0 Å². The predicted octanol–water partition coefficient (Wildman–Crippen LogP) is 2.17. The van der Waals surface area contributed by atoms with Gasteiger partial charge in [-0.1, -0.05) is 20.3 Å². The molecule has 3 aliphatic rings. The number of fused-ring (bicyclic) bond motifs is 1. The highest BCUT2D eigenvalue weighted by molar-refractivity contribution is 8.12. The Bertz CT molecular complexity index is 167. The summed E-state index contributed by atoms with van der Waals surface area (Å²) < 4.78 is 0. The van der Waals surface area contributed by atoms with E-state index in [1.165, 1.54) is 6.42 Å². The largest absolute Gasteiger partial charge is 0.282 e. The average Bonchev–Trinajstić information content (AvgIpc) is 2.02. The maximum absolute atomic E-state index is 4.47. The Balaban J connectivity index is 2.13. The molecule has 10 heavy (non-hydrogen) atoms. The van der Waals surface area contributed by atoms with Gasteiger partial charge < -0.3 is 0 Å². The number of aliphatic imine (C=N–C) groups is 1. The summed E-state index contributed by atoms with van der Waals surface area (Å²) in [6.07, 6.45) is 1.31. The Kier molecular flexibility index (Phi) is 1.52. The van der Waals surface area contributed by atoms with Gasteiger partial charge in [0, 0.05) is 5.25 Å². The molecule has 0 spiro atoms. The minimum atomic E-state index is 0.677. The third kappa shape index (κ3) is 0.685. The summed E-state index contributed by atoms with van der Waals surface area (Å²) in [4.78, 5) is 4.47. The number of rotatable bonds is 1. The second-order valence-corrected chi connectivity index (χ2v) is 4.30. The number of nitrogens with zero attached hydrogens (tertiary/aromatic N) is 1. The molecule has 1 aliphatic carbocycles. The van der Waals surface area contributed by atoms with Gasteiger partial charge in [-0.05, 0) is 11.8 Å². The van der Waals surface area contributed by atoms with Crippen LogP contribution in [-0.2, 0) is 0 Å². The van der Waals surface area contributed by atoms with Crippen LogP contribution in [0.2, 0.25) is 0 Å². The van der Waals surface area contributed by atoms with Gasteiger partial charge in [-0.25, -0.2) is 0 Å². The molecule has 0 amide bonds. The van der Waals surface area contributed by atoms with Gasteiger partial charge in [-0.2, -0.15) is 0 Å². The van der Waals surface area contributed by atoms with Crippen LogP contribution < -0.4 is 0 Å². The van der Waals surface area contributed by atoms with Gasteiger partial charge in [0.25, 0.3) is 0 Å². The molecule has 0 N–H and O–H groups in total. The minimum absolute atomic E-state index is 0.677. The summed E-state index contributed by atoms with van der Waals surface area (Å²) in [5.41, 5.74) is 2.04. The lowest BCUT2D eigenvalue weighted by Crippen LogP contribution is -2.53. The first-order valence-electron chi connectivity index (χ1n) is 4.01. The van der Waals surface area contributed by atoms with Gasteiger partial charge in [0.2, 0.25) is 0 Å². The van der Waals surface area contributed by atoms with Crippen LogP contribution in [-0.4, -0.2) is 16.8 Å². The summed E-state index contributed by atoms with van der Waals surface area (Å²) >= 11 is 1.93. The molecule has 1 nitrogen and oxygen atoms in total. The molecule has 3 rings (SSSR count). The molecule has 2 heteroatoms. The molecule has 4 unspecified atom stereocenters. The first kappa shape index (κ1) is 6.71. The molecule has 0 saturated heterocycles. The first-order valence-corrected chi connectivity index (χ1v) is 4.96. The standard InChI is InChI=1S/C8H13NS/c1-3-6-7-5(2)8(6)10-4-9-7/h4-8H,3H2,1-2H3. The molecule has 2 heterocycles. The number of hydrogen-bond donors (Lipinski definition) is 0. The lowest BCUT2D eigenvalue weighted by atomic mass is 9.69. The molecule has 0 aromatic rings. The first-order chi connectivity index (χ1) is 4.84. The fraction of sp³-hybridized carbons (Fsp3) is 0.875. The third-order valence-corrected chi connectivity index (χ3v) is 4.18. The molecule has 0 radical (unpaired) electrons. The fourth-order valence-electron chi connectivity index (χ4n) is 2.14. The van der Waals surface area contributed by atoms with Crippen LogP contribution in [0.3, 0.4) is 0 Å². The van der Waals surface area contributed by atoms with Crippen molar-refractivity contribution < 1.29 is 0 Å². The number of thioether (sulfide) groups is 1. The summed E-state index contributed by atoms with van der Waals surface area (Å²) in [5.74, 6) is 1.74. The normalized spacial score (nSPS) is 50.6. The quantitative estimate of drug-likeness (QED) is 0.565. The van der Waals surface area contributed by atoms with Crippen molar-refractivity contribution in [3.05, 3.63) is 0 Å². The van der Waals surface area contributed by atoms with E-state index in [1.54, 1.807) is 0 Å². The van der Waals surface area contributed by atoms with Crippen LogP contribution in [0.4, 0.5) is 0 Å². The van der Waals surface area contributed by atoms with Crippen LogP contribution in [0.25, 0.3) is 0 Å². The van der Waals surface area contributed by atoms with Crippen molar-refractivity contribution in [1.82, 2.24) is 0 Å². The zero-order valence-electron chi connectivity index (χ0n) is 6.45. The summed E-state index contributed by atoms with van der Waals surface area (Å²) in [5, 5.41) is 0.896. The molecule has 1 saturated carbocycles. The Morgan fingerprint density at radius 1 is 1.60 bits per heavy atom. The highest BCUT2D eigenvalue weighted by Crippen LogP contribution is 2.48. The van der Waals surface area contributed by atoms with E-state index in [-0.39, 0.29) is 0 Å². The zero-order chi connectivity index (χ0) is 7.14.